The molecule has 0 spiro atoms. The Kier molecular flexibility index (Phi) is 3.44. The Bertz CT molecular complexity index is 494. The predicted octanol–water partition coefficient (Wildman–Crippen LogP) is 0.0559. The summed E-state index contributed by atoms with van der Waals surface area (Å²) in [5.41, 5.74) is 0. The molecule has 1 atom stereocenters. The highest BCUT2D eigenvalue weighted by Crippen LogP contribution is 2.25. The molecule has 96 valence electrons. The number of hydrogen-bond acceptors (Lipinski definition) is 4. The lowest BCUT2D eigenvalue weighted by Crippen LogP contribution is -2.52. The molecule has 1 aliphatic heterocycles. The zero-order chi connectivity index (χ0) is 12.6. The average Bonchev–Trinajstić information content (AvgIpc) is 2.59. The zero-order valence-electron chi connectivity index (χ0n) is 9.72. The molecule has 1 fully saturated rings. The van der Waals surface area contributed by atoms with Crippen molar-refractivity contribution >= 4 is 21.6 Å². The number of sulfonamides is 1. The van der Waals surface area contributed by atoms with Crippen LogP contribution in [0.3, 0.4) is 0 Å². The second kappa shape index (κ2) is 4.56. The highest BCUT2D eigenvalue weighted by Gasteiger charge is 2.34. The lowest BCUT2D eigenvalue weighted by molar-refractivity contribution is 0.282. The molecule has 0 aliphatic carbocycles. The Labute approximate surface area is 106 Å². The molecule has 0 aromatic carbocycles. The summed E-state index contributed by atoms with van der Waals surface area (Å²) >= 11 is 5.89. The third-order valence-electron chi connectivity index (χ3n) is 2.84. The standard InChI is InChI=1S/C9H15ClN4O2S/c1-7-5-11-3-4-14(7)17(15,16)9-8(10)6-12-13(9)2/h6-7,11H,3-5H2,1-2H3/t7-/m0/s1. The van der Waals surface area contributed by atoms with E-state index < -0.39 is 10.0 Å². The van der Waals surface area contributed by atoms with Gasteiger partial charge in [0.1, 0.15) is 0 Å². The van der Waals surface area contributed by atoms with Crippen LogP contribution in [-0.2, 0) is 17.1 Å². The Morgan fingerprint density at radius 2 is 2.29 bits per heavy atom. The fraction of sp³-hybridized carbons (Fsp3) is 0.667. The maximum absolute atomic E-state index is 12.5. The first-order chi connectivity index (χ1) is 7.94. The van der Waals surface area contributed by atoms with Crippen LogP contribution in [0, 0.1) is 0 Å². The van der Waals surface area contributed by atoms with Gasteiger partial charge in [-0.25, -0.2) is 8.42 Å². The Morgan fingerprint density at radius 3 is 2.82 bits per heavy atom. The van der Waals surface area contributed by atoms with E-state index in [2.05, 4.69) is 10.4 Å². The van der Waals surface area contributed by atoms with E-state index in [1.54, 1.807) is 7.05 Å². The molecule has 8 heteroatoms. The lowest BCUT2D eigenvalue weighted by Gasteiger charge is -2.32. The van der Waals surface area contributed by atoms with Gasteiger partial charge in [0, 0.05) is 32.7 Å². The second-order valence-electron chi connectivity index (χ2n) is 4.09. The van der Waals surface area contributed by atoms with E-state index in [-0.39, 0.29) is 16.1 Å². The molecule has 1 saturated heterocycles. The first kappa shape index (κ1) is 12.8. The first-order valence-corrected chi connectivity index (χ1v) is 7.16. The van der Waals surface area contributed by atoms with Gasteiger partial charge in [-0.15, -0.1) is 0 Å². The van der Waals surface area contributed by atoms with Gasteiger partial charge in [0.05, 0.1) is 11.2 Å². The van der Waals surface area contributed by atoms with Gasteiger partial charge < -0.3 is 5.32 Å². The Balaban J connectivity index is 2.42. The van der Waals surface area contributed by atoms with Crippen LogP contribution in [0.5, 0.6) is 0 Å². The van der Waals surface area contributed by atoms with E-state index in [9.17, 15) is 8.42 Å². The maximum Gasteiger partial charge on any atom is 0.262 e. The molecule has 17 heavy (non-hydrogen) atoms. The van der Waals surface area contributed by atoms with E-state index in [0.717, 1.165) is 0 Å². The summed E-state index contributed by atoms with van der Waals surface area (Å²) in [6.07, 6.45) is 1.35. The van der Waals surface area contributed by atoms with Crippen molar-refractivity contribution in [2.75, 3.05) is 19.6 Å². The molecule has 1 aliphatic rings. The highest BCUT2D eigenvalue weighted by atomic mass is 35.5. The van der Waals surface area contributed by atoms with Crippen molar-refractivity contribution in [1.29, 1.82) is 0 Å². The largest absolute Gasteiger partial charge is 0.314 e. The van der Waals surface area contributed by atoms with Crippen molar-refractivity contribution in [2.24, 2.45) is 7.05 Å². The molecule has 1 aromatic rings. The summed E-state index contributed by atoms with van der Waals surface area (Å²) in [7, 11) is -1.99. The molecule has 0 unspecified atom stereocenters. The van der Waals surface area contributed by atoms with Crippen molar-refractivity contribution in [3.05, 3.63) is 11.2 Å². The van der Waals surface area contributed by atoms with E-state index >= 15 is 0 Å². The predicted molar refractivity (Wildman–Crippen MR) is 64.4 cm³/mol. The number of aryl methyl sites for hydroxylation is 1. The van der Waals surface area contributed by atoms with Crippen molar-refractivity contribution in [3.63, 3.8) is 0 Å². The van der Waals surface area contributed by atoms with Crippen LogP contribution in [-0.4, -0.2) is 48.2 Å². The van der Waals surface area contributed by atoms with Crippen LogP contribution in [0.25, 0.3) is 0 Å². The van der Waals surface area contributed by atoms with E-state index in [1.807, 2.05) is 6.92 Å². The van der Waals surface area contributed by atoms with Gasteiger partial charge in [-0.05, 0) is 6.92 Å². The van der Waals surface area contributed by atoms with E-state index in [0.29, 0.717) is 19.6 Å². The highest BCUT2D eigenvalue weighted by molar-refractivity contribution is 7.89. The summed E-state index contributed by atoms with van der Waals surface area (Å²) in [6.45, 7) is 3.62. The van der Waals surface area contributed by atoms with Crippen molar-refractivity contribution in [1.82, 2.24) is 19.4 Å². The minimum absolute atomic E-state index is 0.0629. The molecular formula is C9H15ClN4O2S. The number of rotatable bonds is 2. The van der Waals surface area contributed by atoms with Crippen LogP contribution in [0.15, 0.2) is 11.2 Å². The zero-order valence-corrected chi connectivity index (χ0v) is 11.3. The monoisotopic (exact) mass is 278 g/mol. The number of nitrogens with zero attached hydrogens (tertiary/aromatic N) is 3. The van der Waals surface area contributed by atoms with Crippen LogP contribution in [0.1, 0.15) is 6.92 Å². The number of hydrogen-bond donors (Lipinski definition) is 1. The van der Waals surface area contributed by atoms with Crippen molar-refractivity contribution in [3.8, 4) is 0 Å². The van der Waals surface area contributed by atoms with Gasteiger partial charge in [0.15, 0.2) is 5.03 Å². The van der Waals surface area contributed by atoms with Crippen LogP contribution in [0.2, 0.25) is 5.02 Å². The molecule has 0 saturated carbocycles. The summed E-state index contributed by atoms with van der Waals surface area (Å²) in [5, 5.41) is 7.24. The number of aromatic nitrogens is 2. The van der Waals surface area contributed by atoms with Gasteiger partial charge in [-0.2, -0.15) is 9.40 Å². The van der Waals surface area contributed by atoms with Crippen molar-refractivity contribution < 1.29 is 8.42 Å². The maximum atomic E-state index is 12.5. The Morgan fingerprint density at radius 1 is 1.59 bits per heavy atom. The van der Waals surface area contributed by atoms with E-state index in [4.69, 9.17) is 11.6 Å². The minimum Gasteiger partial charge on any atom is -0.314 e. The normalized spacial score (nSPS) is 22.9. The topological polar surface area (TPSA) is 67.2 Å². The van der Waals surface area contributed by atoms with Crippen LogP contribution >= 0.6 is 11.6 Å². The molecule has 0 radical (unpaired) electrons. The third-order valence-corrected chi connectivity index (χ3v) is 5.36. The number of halogens is 1. The second-order valence-corrected chi connectivity index (χ2v) is 6.30. The average molecular weight is 279 g/mol. The molecule has 6 nitrogen and oxygen atoms in total. The van der Waals surface area contributed by atoms with E-state index in [1.165, 1.54) is 15.2 Å². The molecule has 0 bridgehead atoms. The van der Waals surface area contributed by atoms with Crippen molar-refractivity contribution in [2.45, 2.75) is 18.0 Å². The van der Waals surface area contributed by atoms with Gasteiger partial charge in [-0.3, -0.25) is 4.68 Å². The van der Waals surface area contributed by atoms with Crippen LogP contribution < -0.4 is 5.32 Å². The van der Waals surface area contributed by atoms with Gasteiger partial charge in [0.25, 0.3) is 10.0 Å². The fourth-order valence-electron chi connectivity index (χ4n) is 1.98. The minimum atomic E-state index is -3.57. The molecule has 1 N–H and O–H groups in total. The SMILES string of the molecule is C[C@H]1CNCCN1S(=O)(=O)c1c(Cl)cnn1C. The lowest BCUT2D eigenvalue weighted by atomic mass is 10.3. The summed E-state index contributed by atoms with van der Waals surface area (Å²) in [4.78, 5) is 0. The molecule has 2 rings (SSSR count). The summed E-state index contributed by atoms with van der Waals surface area (Å²) in [6, 6.07) is -0.0836. The number of piperazine rings is 1. The first-order valence-electron chi connectivity index (χ1n) is 5.34. The molecule has 0 amide bonds. The fourth-order valence-corrected chi connectivity index (χ4v) is 4.22. The summed E-state index contributed by atoms with van der Waals surface area (Å²) < 4.78 is 27.7. The van der Waals surface area contributed by atoms with Gasteiger partial charge >= 0.3 is 0 Å². The molecule has 1 aromatic heterocycles. The number of nitrogens with one attached hydrogen (secondary N) is 1. The smallest absolute Gasteiger partial charge is 0.262 e. The summed E-state index contributed by atoms with van der Waals surface area (Å²) in [5.74, 6) is 0. The quantitative estimate of drug-likeness (QED) is 0.830. The Hall–Kier alpha value is -0.630. The van der Waals surface area contributed by atoms with Crippen LogP contribution in [0.4, 0.5) is 0 Å². The third kappa shape index (κ3) is 2.20. The molecular weight excluding hydrogens is 264 g/mol. The van der Waals surface area contributed by atoms with Gasteiger partial charge in [0.2, 0.25) is 0 Å². The van der Waals surface area contributed by atoms with Gasteiger partial charge in [-0.1, -0.05) is 11.6 Å². The molecule has 2 heterocycles.